The summed E-state index contributed by atoms with van der Waals surface area (Å²) >= 11 is 0. The van der Waals surface area contributed by atoms with E-state index in [4.69, 9.17) is 0 Å². The first-order valence-corrected chi connectivity index (χ1v) is 5.76. The molecule has 0 heterocycles. The molecule has 1 amide bonds. The molecule has 18 heavy (non-hydrogen) atoms. The number of nitrogens with two attached hydrogens (primary N) is 1. The van der Waals surface area contributed by atoms with Crippen LogP contribution in [0.2, 0.25) is 0 Å². The van der Waals surface area contributed by atoms with Crippen molar-refractivity contribution in [2.24, 2.45) is 5.14 Å². The van der Waals surface area contributed by atoms with E-state index in [1.807, 2.05) is 0 Å². The Morgan fingerprint density at radius 2 is 1.78 bits per heavy atom. The van der Waals surface area contributed by atoms with Crippen LogP contribution in [0.15, 0.2) is 23.1 Å². The van der Waals surface area contributed by atoms with Crippen LogP contribution >= 0.6 is 0 Å². The third-order valence-corrected chi connectivity index (χ3v) is 2.61. The number of anilines is 1. The van der Waals surface area contributed by atoms with Gasteiger partial charge in [-0.15, -0.1) is 0 Å². The number of nitrogens with one attached hydrogen (secondary N) is 1. The number of alkyl halides is 3. The smallest absolute Gasteiger partial charge is 0.318 e. The van der Waals surface area contributed by atoms with E-state index in [0.717, 1.165) is 0 Å². The molecule has 0 spiro atoms. The van der Waals surface area contributed by atoms with Crippen molar-refractivity contribution in [3.8, 4) is 0 Å². The molecule has 0 saturated heterocycles. The van der Waals surface area contributed by atoms with Crippen LogP contribution in [0.3, 0.4) is 0 Å². The summed E-state index contributed by atoms with van der Waals surface area (Å²) in [5, 5.41) is 5.99. The Balaban J connectivity index is 3.13. The Bertz CT molecular complexity index is 582. The summed E-state index contributed by atoms with van der Waals surface area (Å²) in [6.45, 7) is 0. The van der Waals surface area contributed by atoms with Crippen LogP contribution in [0.5, 0.6) is 0 Å². The van der Waals surface area contributed by atoms with Crippen molar-refractivity contribution in [1.82, 2.24) is 0 Å². The highest BCUT2D eigenvalue weighted by molar-refractivity contribution is 7.89. The Morgan fingerprint density at radius 1 is 1.22 bits per heavy atom. The van der Waals surface area contributed by atoms with Crippen molar-refractivity contribution >= 4 is 21.6 Å². The minimum Gasteiger partial charge on any atom is -0.318 e. The normalized spacial score (nSPS) is 12.3. The predicted octanol–water partition coefficient (Wildman–Crippen LogP) is 0.974. The van der Waals surface area contributed by atoms with E-state index in [1.54, 1.807) is 0 Å². The van der Waals surface area contributed by atoms with E-state index in [0.29, 0.717) is 18.2 Å². The highest BCUT2D eigenvalue weighted by atomic mass is 32.2. The lowest BCUT2D eigenvalue weighted by atomic mass is 10.3. The first-order valence-electron chi connectivity index (χ1n) is 4.22. The zero-order valence-corrected chi connectivity index (χ0v) is 9.27. The van der Waals surface area contributed by atoms with Crippen molar-refractivity contribution in [2.75, 3.05) is 5.32 Å². The summed E-state index contributed by atoms with van der Waals surface area (Å²) in [4.78, 5) is 9.82. The average molecular weight is 286 g/mol. The maximum atomic E-state index is 13.0. The molecule has 0 aliphatic carbocycles. The third-order valence-electron chi connectivity index (χ3n) is 1.72. The highest BCUT2D eigenvalue weighted by Crippen LogP contribution is 2.21. The number of benzene rings is 1. The van der Waals surface area contributed by atoms with Gasteiger partial charge in [-0.3, -0.25) is 4.79 Å². The van der Waals surface area contributed by atoms with Crippen molar-refractivity contribution in [3.05, 3.63) is 24.0 Å². The third kappa shape index (κ3) is 3.67. The fraction of sp³-hybridized carbons (Fsp3) is 0.125. The van der Waals surface area contributed by atoms with E-state index in [9.17, 15) is 30.8 Å². The second-order valence-electron chi connectivity index (χ2n) is 3.17. The molecule has 1 aromatic carbocycles. The lowest BCUT2D eigenvalue weighted by molar-refractivity contribution is -0.167. The van der Waals surface area contributed by atoms with Crippen molar-refractivity contribution in [1.29, 1.82) is 0 Å². The fourth-order valence-electron chi connectivity index (χ4n) is 1.00. The number of sulfonamides is 1. The average Bonchev–Trinajstić information content (AvgIpc) is 2.13. The molecule has 0 radical (unpaired) electrons. The van der Waals surface area contributed by atoms with Crippen molar-refractivity contribution < 1.29 is 30.8 Å². The van der Waals surface area contributed by atoms with Crippen LogP contribution in [0, 0.1) is 5.82 Å². The first kappa shape index (κ1) is 14.4. The van der Waals surface area contributed by atoms with Crippen LogP contribution in [-0.2, 0) is 14.8 Å². The van der Waals surface area contributed by atoms with Gasteiger partial charge in [0.25, 0.3) is 0 Å². The van der Waals surface area contributed by atoms with Gasteiger partial charge in [0, 0.05) is 5.69 Å². The number of primary sulfonamides is 1. The molecule has 1 rings (SSSR count). The molecule has 0 aliphatic rings. The fourth-order valence-corrected chi connectivity index (χ4v) is 1.57. The van der Waals surface area contributed by atoms with E-state index in [2.05, 4.69) is 5.14 Å². The van der Waals surface area contributed by atoms with Crippen LogP contribution in [0.25, 0.3) is 0 Å². The quantitative estimate of drug-likeness (QED) is 0.794. The van der Waals surface area contributed by atoms with E-state index in [1.165, 1.54) is 5.32 Å². The molecule has 0 bridgehead atoms. The van der Waals surface area contributed by atoms with Gasteiger partial charge in [-0.05, 0) is 18.2 Å². The van der Waals surface area contributed by atoms with E-state index >= 15 is 0 Å². The zero-order valence-electron chi connectivity index (χ0n) is 8.45. The van der Waals surface area contributed by atoms with Crippen LogP contribution < -0.4 is 10.5 Å². The molecule has 100 valence electrons. The van der Waals surface area contributed by atoms with E-state index < -0.39 is 38.5 Å². The molecule has 3 N–H and O–H groups in total. The Labute approximate surface area is 98.6 Å². The summed E-state index contributed by atoms with van der Waals surface area (Å²) in [6, 6.07) is 1.65. The number of carbonyl (C=O) groups excluding carboxylic acids is 1. The van der Waals surface area contributed by atoms with Gasteiger partial charge in [-0.25, -0.2) is 17.9 Å². The number of carbonyl (C=O) groups is 1. The van der Waals surface area contributed by atoms with E-state index in [-0.39, 0.29) is 0 Å². The minimum absolute atomic E-state index is 0.512. The van der Waals surface area contributed by atoms with Gasteiger partial charge < -0.3 is 5.32 Å². The molecule has 10 heteroatoms. The Kier molecular flexibility index (Phi) is 3.62. The molecule has 0 aliphatic heterocycles. The van der Waals surface area contributed by atoms with Gasteiger partial charge in [0.1, 0.15) is 5.82 Å². The van der Waals surface area contributed by atoms with Gasteiger partial charge in [0.15, 0.2) is 0 Å². The second-order valence-corrected chi connectivity index (χ2v) is 4.73. The molecule has 0 unspecified atom stereocenters. The minimum atomic E-state index is -5.17. The van der Waals surface area contributed by atoms with Crippen LogP contribution in [-0.4, -0.2) is 20.5 Å². The number of hydrogen-bond donors (Lipinski definition) is 2. The van der Waals surface area contributed by atoms with Gasteiger partial charge >= 0.3 is 12.1 Å². The van der Waals surface area contributed by atoms with Crippen LogP contribution in [0.4, 0.5) is 23.2 Å². The summed E-state index contributed by atoms with van der Waals surface area (Å²) in [5.41, 5.74) is -0.665. The summed E-state index contributed by atoms with van der Waals surface area (Å²) < 4.78 is 70.5. The molecule has 1 aromatic rings. The van der Waals surface area contributed by atoms with Crippen molar-refractivity contribution in [2.45, 2.75) is 11.1 Å². The maximum absolute atomic E-state index is 13.0. The largest absolute Gasteiger partial charge is 0.471 e. The molecular weight excluding hydrogens is 280 g/mol. The summed E-state index contributed by atoms with van der Waals surface area (Å²) in [5.74, 6) is -3.51. The molecule has 5 nitrogen and oxygen atoms in total. The molecule has 0 aromatic heterocycles. The zero-order chi connectivity index (χ0) is 14.1. The van der Waals surface area contributed by atoms with Gasteiger partial charge in [-0.2, -0.15) is 13.2 Å². The lowest BCUT2D eigenvalue weighted by Crippen LogP contribution is -2.30. The lowest BCUT2D eigenvalue weighted by Gasteiger charge is -2.09. The Morgan fingerprint density at radius 3 is 2.22 bits per heavy atom. The van der Waals surface area contributed by atoms with Gasteiger partial charge in [-0.1, -0.05) is 0 Å². The monoisotopic (exact) mass is 286 g/mol. The van der Waals surface area contributed by atoms with Crippen molar-refractivity contribution in [3.63, 3.8) is 0 Å². The Hall–Kier alpha value is -1.68. The highest BCUT2D eigenvalue weighted by Gasteiger charge is 2.38. The number of halogens is 4. The number of amides is 1. The number of rotatable bonds is 2. The molecule has 0 atom stereocenters. The maximum Gasteiger partial charge on any atom is 0.471 e. The topological polar surface area (TPSA) is 89.3 Å². The SMILES string of the molecule is NS(=O)(=O)c1cc(F)cc(NC(=O)C(F)(F)F)c1. The van der Waals surface area contributed by atoms with Gasteiger partial charge in [0.05, 0.1) is 4.90 Å². The summed E-state index contributed by atoms with van der Waals surface area (Å²) in [6.07, 6.45) is -5.17. The molecular formula is C8H6F4N2O3S. The summed E-state index contributed by atoms with van der Waals surface area (Å²) in [7, 11) is -4.29. The number of hydrogen-bond acceptors (Lipinski definition) is 3. The molecule has 0 fully saturated rings. The molecule has 0 saturated carbocycles. The van der Waals surface area contributed by atoms with Crippen LogP contribution in [0.1, 0.15) is 0 Å². The predicted molar refractivity (Wildman–Crippen MR) is 52.5 cm³/mol. The van der Waals surface area contributed by atoms with Gasteiger partial charge in [0.2, 0.25) is 10.0 Å². The first-order chi connectivity index (χ1) is 8.00. The second kappa shape index (κ2) is 4.53. The standard InChI is InChI=1S/C8H6F4N2O3S/c9-4-1-5(14-7(15)8(10,11)12)3-6(2-4)18(13,16)17/h1-3H,(H,14,15)(H2,13,16,17).